The first-order valence-electron chi connectivity index (χ1n) is 12.0. The van der Waals surface area contributed by atoms with Gasteiger partial charge in [-0.2, -0.15) is 0 Å². The number of nitrogens with one attached hydrogen (secondary N) is 2. The molecule has 3 amide bonds. The number of esters is 1. The monoisotopic (exact) mass is 504 g/mol. The molecular weight excluding hydrogens is 476 g/mol. The van der Waals surface area contributed by atoms with Crippen LogP contribution in [0.15, 0.2) is 54.7 Å². The van der Waals surface area contributed by atoms with E-state index in [0.717, 1.165) is 0 Å². The number of methoxy groups -OCH3 is 1. The van der Waals surface area contributed by atoms with E-state index in [4.69, 9.17) is 0 Å². The van der Waals surface area contributed by atoms with Gasteiger partial charge >= 0.3 is 5.97 Å². The average Bonchev–Trinajstić information content (AvgIpc) is 3.36. The third-order valence-corrected chi connectivity index (χ3v) is 6.41. The van der Waals surface area contributed by atoms with E-state index in [1.54, 1.807) is 47.4 Å². The molecule has 2 N–H and O–H groups in total. The fourth-order valence-corrected chi connectivity index (χ4v) is 4.43. The second-order valence-electron chi connectivity index (χ2n) is 8.85. The highest BCUT2D eigenvalue weighted by Crippen LogP contribution is 2.27. The van der Waals surface area contributed by atoms with E-state index in [1.165, 1.54) is 18.2 Å². The number of para-hydroxylation sites is 1. The Kier molecular flexibility index (Phi) is 7.66. The van der Waals surface area contributed by atoms with Gasteiger partial charge < -0.3 is 24.8 Å². The number of ether oxygens (including phenoxy) is 1. The zero-order valence-corrected chi connectivity index (χ0v) is 20.7. The Bertz CT molecular complexity index is 1350. The fraction of sp³-hybridized carbons (Fsp3) is 0.296. The van der Waals surface area contributed by atoms with Gasteiger partial charge in [0.15, 0.2) is 0 Å². The molecule has 1 saturated heterocycles. The summed E-state index contributed by atoms with van der Waals surface area (Å²) in [5.41, 5.74) is 1.70. The lowest BCUT2D eigenvalue weighted by molar-refractivity contribution is -0.141. The Labute approximate surface area is 213 Å². The van der Waals surface area contributed by atoms with Crippen LogP contribution in [0.5, 0.6) is 0 Å². The number of aromatic amines is 1. The van der Waals surface area contributed by atoms with Gasteiger partial charge in [0.1, 0.15) is 0 Å². The number of H-pyrrole nitrogens is 1. The molecule has 0 spiro atoms. The Morgan fingerprint density at radius 1 is 1.00 bits per heavy atom. The summed E-state index contributed by atoms with van der Waals surface area (Å²) in [7, 11) is 1.25. The highest BCUT2D eigenvalue weighted by atomic mass is 16.5. The molecule has 2 aromatic carbocycles. The molecular formula is C27H28N4O6. The van der Waals surface area contributed by atoms with E-state index in [-0.39, 0.29) is 42.8 Å². The van der Waals surface area contributed by atoms with E-state index in [9.17, 15) is 24.0 Å². The number of carbonyl (C=O) groups is 5. The summed E-state index contributed by atoms with van der Waals surface area (Å²) >= 11 is 0. The van der Waals surface area contributed by atoms with Crippen LogP contribution < -0.4 is 5.32 Å². The molecule has 0 saturated carbocycles. The number of hydrogen-bond acceptors (Lipinski definition) is 6. The Morgan fingerprint density at radius 3 is 2.46 bits per heavy atom. The third-order valence-electron chi connectivity index (χ3n) is 6.41. The maximum Gasteiger partial charge on any atom is 0.306 e. The molecule has 192 valence electrons. The van der Waals surface area contributed by atoms with Gasteiger partial charge in [-0.25, -0.2) is 0 Å². The molecule has 1 aliphatic heterocycles. The molecule has 1 atom stereocenters. The minimum Gasteiger partial charge on any atom is -0.469 e. The summed E-state index contributed by atoms with van der Waals surface area (Å²) in [5.74, 6) is -2.29. The first-order chi connectivity index (χ1) is 17.8. The smallest absolute Gasteiger partial charge is 0.306 e. The number of benzene rings is 2. The number of amides is 3. The molecule has 2 heterocycles. The molecule has 4 rings (SSSR count). The number of carbonyl (C=O) groups excluding carboxylic acids is 5. The van der Waals surface area contributed by atoms with Crippen molar-refractivity contribution in [3.8, 4) is 0 Å². The van der Waals surface area contributed by atoms with E-state index < -0.39 is 17.7 Å². The van der Waals surface area contributed by atoms with Crippen molar-refractivity contribution in [2.75, 3.05) is 32.1 Å². The van der Waals surface area contributed by atoms with Gasteiger partial charge in [0, 0.05) is 49.2 Å². The lowest BCUT2D eigenvalue weighted by Gasteiger charge is -2.39. The van der Waals surface area contributed by atoms with Gasteiger partial charge in [-0.3, -0.25) is 24.0 Å². The Morgan fingerprint density at radius 2 is 1.76 bits per heavy atom. The molecule has 10 nitrogen and oxygen atoms in total. The number of rotatable bonds is 7. The molecule has 3 aromatic rings. The number of fused-ring (bicyclic) bond motifs is 1. The quantitative estimate of drug-likeness (QED) is 0.289. The van der Waals surface area contributed by atoms with Crippen LogP contribution in [-0.4, -0.2) is 77.0 Å². The molecule has 0 aliphatic carbocycles. The minimum atomic E-state index is -0.671. The zero-order valence-electron chi connectivity index (χ0n) is 20.7. The molecule has 0 radical (unpaired) electrons. The van der Waals surface area contributed by atoms with Crippen molar-refractivity contribution in [2.45, 2.75) is 25.8 Å². The van der Waals surface area contributed by atoms with Crippen molar-refractivity contribution < 1.29 is 28.7 Å². The topological polar surface area (TPSA) is 129 Å². The van der Waals surface area contributed by atoms with Crippen molar-refractivity contribution in [3.05, 3.63) is 65.9 Å². The first kappa shape index (κ1) is 25.6. The highest BCUT2D eigenvalue weighted by molar-refractivity contribution is 6.45. The van der Waals surface area contributed by atoms with Crippen molar-refractivity contribution in [1.82, 2.24) is 14.8 Å². The van der Waals surface area contributed by atoms with Gasteiger partial charge in [-0.05, 0) is 25.1 Å². The lowest BCUT2D eigenvalue weighted by atomic mass is 10.1. The predicted octanol–water partition coefficient (Wildman–Crippen LogP) is 2.62. The van der Waals surface area contributed by atoms with Crippen LogP contribution in [0.1, 0.15) is 40.5 Å². The number of piperazine rings is 1. The summed E-state index contributed by atoms with van der Waals surface area (Å²) in [4.78, 5) is 68.9. The summed E-state index contributed by atoms with van der Waals surface area (Å²) in [6.45, 7) is 2.70. The van der Waals surface area contributed by atoms with E-state index in [1.807, 2.05) is 13.0 Å². The first-order valence-corrected chi connectivity index (χ1v) is 12.0. The number of anilines is 1. The second-order valence-corrected chi connectivity index (χ2v) is 8.85. The molecule has 0 bridgehead atoms. The fourth-order valence-electron chi connectivity index (χ4n) is 4.43. The molecule has 1 fully saturated rings. The SMILES string of the molecule is COC(=O)CCC(=O)Nc1cccc2c(C(=O)C(=O)N3CCN(C(=O)c4ccccc4)CC3C)c[nH]c12. The van der Waals surface area contributed by atoms with Crippen LogP contribution in [0.4, 0.5) is 5.69 Å². The summed E-state index contributed by atoms with van der Waals surface area (Å²) in [6.07, 6.45) is 1.35. The van der Waals surface area contributed by atoms with Gasteiger partial charge in [0.25, 0.3) is 17.6 Å². The average molecular weight is 505 g/mol. The third kappa shape index (κ3) is 5.53. The molecule has 1 unspecified atom stereocenters. The highest BCUT2D eigenvalue weighted by Gasteiger charge is 2.34. The molecule has 10 heteroatoms. The number of hydrogen-bond donors (Lipinski definition) is 2. The number of Topliss-reactive ketones (excluding diaryl/α,β-unsaturated/α-hetero) is 1. The maximum absolute atomic E-state index is 13.2. The number of nitrogens with zero attached hydrogens (tertiary/aromatic N) is 2. The predicted molar refractivity (Wildman–Crippen MR) is 136 cm³/mol. The van der Waals surface area contributed by atoms with Gasteiger partial charge in [-0.1, -0.05) is 30.3 Å². The van der Waals surface area contributed by atoms with Crippen molar-refractivity contribution in [1.29, 1.82) is 0 Å². The van der Waals surface area contributed by atoms with Gasteiger partial charge in [-0.15, -0.1) is 0 Å². The summed E-state index contributed by atoms with van der Waals surface area (Å²) in [6, 6.07) is 13.6. The van der Waals surface area contributed by atoms with Gasteiger partial charge in [0.2, 0.25) is 5.91 Å². The van der Waals surface area contributed by atoms with Gasteiger partial charge in [0.05, 0.1) is 30.3 Å². The largest absolute Gasteiger partial charge is 0.469 e. The van der Waals surface area contributed by atoms with Crippen LogP contribution in [-0.2, 0) is 19.1 Å². The number of ketones is 1. The number of aromatic nitrogens is 1. The van der Waals surface area contributed by atoms with Crippen LogP contribution in [0.3, 0.4) is 0 Å². The molecule has 1 aliphatic rings. The van der Waals surface area contributed by atoms with Crippen LogP contribution >= 0.6 is 0 Å². The van der Waals surface area contributed by atoms with Crippen molar-refractivity contribution >= 4 is 46.1 Å². The van der Waals surface area contributed by atoms with Crippen molar-refractivity contribution in [3.63, 3.8) is 0 Å². The van der Waals surface area contributed by atoms with E-state index >= 15 is 0 Å². The zero-order chi connectivity index (χ0) is 26.5. The lowest BCUT2D eigenvalue weighted by Crippen LogP contribution is -2.56. The van der Waals surface area contributed by atoms with Crippen LogP contribution in [0, 0.1) is 0 Å². The molecule has 1 aromatic heterocycles. The van der Waals surface area contributed by atoms with Crippen molar-refractivity contribution in [2.24, 2.45) is 0 Å². The normalized spacial score (nSPS) is 15.4. The molecule has 37 heavy (non-hydrogen) atoms. The van der Waals surface area contributed by atoms with Crippen LogP contribution in [0.2, 0.25) is 0 Å². The minimum absolute atomic E-state index is 0.0509. The summed E-state index contributed by atoms with van der Waals surface area (Å²) < 4.78 is 4.55. The second kappa shape index (κ2) is 11.1. The summed E-state index contributed by atoms with van der Waals surface area (Å²) in [5, 5.41) is 3.22. The van der Waals surface area contributed by atoms with E-state index in [2.05, 4.69) is 15.0 Å². The van der Waals surface area contributed by atoms with E-state index in [0.29, 0.717) is 35.2 Å². The Balaban J connectivity index is 1.44. The standard InChI is InChI=1S/C27H28N4O6/c1-17-16-30(26(35)18-7-4-3-5-8-18)13-14-31(17)27(36)25(34)20-15-28-24-19(20)9-6-10-21(24)29-22(32)11-12-23(33)37-2/h3-10,15,17,28H,11-14,16H2,1-2H3,(H,29,32). The maximum atomic E-state index is 13.2. The van der Waals surface area contributed by atoms with Crippen LogP contribution in [0.25, 0.3) is 10.9 Å². The Hall–Kier alpha value is -4.47.